The number of alkyl halides is 2. The van der Waals surface area contributed by atoms with Crippen molar-refractivity contribution < 1.29 is 27.9 Å². The van der Waals surface area contributed by atoms with E-state index in [2.05, 4.69) is 19.4 Å². The first-order valence-electron chi connectivity index (χ1n) is 11.1. The van der Waals surface area contributed by atoms with Crippen LogP contribution < -0.4 is 14.8 Å². The van der Waals surface area contributed by atoms with Gasteiger partial charge in [-0.25, -0.2) is 13.9 Å². The van der Waals surface area contributed by atoms with Crippen molar-refractivity contribution in [3.8, 4) is 5.75 Å². The number of aromatic nitrogens is 1. The minimum atomic E-state index is -3.25. The lowest BCUT2D eigenvalue weighted by Crippen LogP contribution is -2.28. The van der Waals surface area contributed by atoms with E-state index in [1.807, 2.05) is 13.8 Å². The summed E-state index contributed by atoms with van der Waals surface area (Å²) in [6.45, 7) is 4.46. The predicted molar refractivity (Wildman–Crippen MR) is 126 cm³/mol. The summed E-state index contributed by atoms with van der Waals surface area (Å²) in [6, 6.07) is 3.14. The molecule has 4 atom stereocenters. The zero-order valence-corrected chi connectivity index (χ0v) is 21.1. The molecule has 34 heavy (non-hydrogen) atoms. The van der Waals surface area contributed by atoms with E-state index in [0.29, 0.717) is 33.4 Å². The Labute approximate surface area is 202 Å². The summed E-state index contributed by atoms with van der Waals surface area (Å²) in [4.78, 5) is 4.19. The van der Waals surface area contributed by atoms with E-state index >= 15 is 0 Å². The van der Waals surface area contributed by atoms with Gasteiger partial charge in [0.2, 0.25) is 6.35 Å². The molecule has 1 aliphatic carbocycles. The molecule has 0 amide bonds. The van der Waals surface area contributed by atoms with E-state index in [4.69, 9.17) is 4.74 Å². The fraction of sp³-hybridized carbons (Fsp3) is 0.591. The summed E-state index contributed by atoms with van der Waals surface area (Å²) in [5.74, 6) is 0.393. The molecule has 1 aliphatic heterocycles. The molecule has 12 heteroatoms. The van der Waals surface area contributed by atoms with Crippen LogP contribution in [-0.4, -0.2) is 38.9 Å². The Morgan fingerprint density at radius 3 is 2.68 bits per heavy atom. The number of nitrogens with one attached hydrogen (secondary N) is 2. The predicted octanol–water partition coefficient (Wildman–Crippen LogP) is 4.32. The van der Waals surface area contributed by atoms with Crippen LogP contribution in [0.15, 0.2) is 26.9 Å². The van der Waals surface area contributed by atoms with Crippen molar-refractivity contribution in [2.75, 3.05) is 11.9 Å². The molecule has 2 heterocycles. The first-order chi connectivity index (χ1) is 15.9. The average molecular weight is 517 g/mol. The Morgan fingerprint density at radius 1 is 1.32 bits per heavy atom. The molecule has 1 aromatic heterocycles. The molecule has 0 saturated heterocycles. The maximum Gasteiger partial charge on any atom is 0.387 e. The summed E-state index contributed by atoms with van der Waals surface area (Å²) in [5, 5.41) is 24.4. The number of benzene rings is 1. The SMILES string of the molecule is CC(C)c1cc(OC(F)F)cc2c1NC(O)N=S(=O)(c1cnc(C(C)(C)O)s1)NCCC1CC21. The largest absolute Gasteiger partial charge is 0.435 e. The van der Waals surface area contributed by atoms with Crippen molar-refractivity contribution in [2.45, 2.75) is 75.1 Å². The lowest BCUT2D eigenvalue weighted by atomic mass is 9.94. The van der Waals surface area contributed by atoms with Gasteiger partial charge in [-0.05, 0) is 67.7 Å². The van der Waals surface area contributed by atoms with Crippen molar-refractivity contribution in [3.05, 3.63) is 34.5 Å². The minimum absolute atomic E-state index is 0.0599. The van der Waals surface area contributed by atoms with Gasteiger partial charge in [0.05, 0.1) is 6.20 Å². The third-order valence-corrected chi connectivity index (χ3v) is 9.73. The molecule has 1 saturated carbocycles. The average Bonchev–Trinajstić information content (AvgIpc) is 3.27. The normalized spacial score (nSPS) is 27.3. The molecule has 4 rings (SSSR count). The third kappa shape index (κ3) is 5.35. The van der Waals surface area contributed by atoms with Crippen LogP contribution in [0.3, 0.4) is 0 Å². The Morgan fingerprint density at radius 2 is 2.06 bits per heavy atom. The van der Waals surface area contributed by atoms with Gasteiger partial charge in [-0.1, -0.05) is 13.8 Å². The number of fused-ring (bicyclic) bond motifs is 3. The van der Waals surface area contributed by atoms with E-state index in [9.17, 15) is 23.2 Å². The summed E-state index contributed by atoms with van der Waals surface area (Å²) < 4.78 is 51.9. The quantitative estimate of drug-likeness (QED) is 0.470. The Balaban J connectivity index is 1.77. The molecule has 0 bridgehead atoms. The fourth-order valence-corrected chi connectivity index (χ4v) is 7.09. The molecular formula is C22H30F2N4O4S2. The summed E-state index contributed by atoms with van der Waals surface area (Å²) in [5.41, 5.74) is 0.892. The highest BCUT2D eigenvalue weighted by Crippen LogP contribution is 2.54. The van der Waals surface area contributed by atoms with Crippen LogP contribution in [0.25, 0.3) is 0 Å². The molecule has 0 radical (unpaired) electrons. The van der Waals surface area contributed by atoms with Crippen molar-refractivity contribution in [3.63, 3.8) is 0 Å². The molecule has 1 fully saturated rings. The lowest BCUT2D eigenvalue weighted by molar-refractivity contribution is -0.0499. The second-order valence-electron chi connectivity index (χ2n) is 9.49. The standard InChI is InChI=1S/C22H30F2N4O4S2/c1-11(2)14-8-13(32-20(23)24)9-16-15-7-12(15)5-6-26-34(31,28-21(29)27-18(14)16)17-10-25-19(33-17)22(3,4)30/h8-12,15,20-21,27,29-30H,5-7H2,1-4H3,(H,26,28,31). The zero-order valence-electron chi connectivity index (χ0n) is 19.4. The maximum absolute atomic E-state index is 13.8. The van der Waals surface area contributed by atoms with Gasteiger partial charge in [-0.3, -0.25) is 0 Å². The van der Waals surface area contributed by atoms with E-state index < -0.39 is 28.5 Å². The number of aliphatic hydroxyl groups excluding tert-OH is 1. The topological polar surface area (TPSA) is 116 Å². The number of rotatable bonds is 5. The smallest absolute Gasteiger partial charge is 0.387 e. The highest BCUT2D eigenvalue weighted by molar-refractivity contribution is 7.93. The van der Waals surface area contributed by atoms with Crippen molar-refractivity contribution >= 4 is 26.9 Å². The van der Waals surface area contributed by atoms with Gasteiger partial charge in [0.25, 0.3) is 0 Å². The number of nitrogens with zero attached hydrogens (tertiary/aromatic N) is 2. The van der Waals surface area contributed by atoms with Crippen LogP contribution in [-0.2, 0) is 15.5 Å². The molecular weight excluding hydrogens is 486 g/mol. The van der Waals surface area contributed by atoms with Crippen LogP contribution in [0, 0.1) is 5.92 Å². The highest BCUT2D eigenvalue weighted by atomic mass is 32.2. The van der Waals surface area contributed by atoms with Gasteiger partial charge in [0.15, 0.2) is 9.92 Å². The number of hydrogen-bond donors (Lipinski definition) is 4. The second kappa shape index (κ2) is 9.30. The van der Waals surface area contributed by atoms with Crippen molar-refractivity contribution in [1.82, 2.24) is 9.71 Å². The van der Waals surface area contributed by atoms with E-state index in [1.54, 1.807) is 26.0 Å². The lowest BCUT2D eigenvalue weighted by Gasteiger charge is -2.22. The van der Waals surface area contributed by atoms with Crippen LogP contribution in [0.1, 0.15) is 68.5 Å². The number of halogens is 2. The highest BCUT2D eigenvalue weighted by Gasteiger charge is 2.41. The first-order valence-corrected chi connectivity index (χ1v) is 13.5. The van der Waals surface area contributed by atoms with Gasteiger partial charge >= 0.3 is 6.61 Å². The van der Waals surface area contributed by atoms with Gasteiger partial charge in [-0.15, -0.1) is 11.3 Å². The fourth-order valence-electron chi connectivity index (χ4n) is 4.20. The van der Waals surface area contributed by atoms with Crippen LogP contribution in [0.4, 0.5) is 14.5 Å². The number of anilines is 1. The minimum Gasteiger partial charge on any atom is -0.435 e. The van der Waals surface area contributed by atoms with Gasteiger partial charge < -0.3 is 20.3 Å². The third-order valence-electron chi connectivity index (χ3n) is 5.96. The summed E-state index contributed by atoms with van der Waals surface area (Å²) in [6.07, 6.45) is 1.41. The summed E-state index contributed by atoms with van der Waals surface area (Å²) in [7, 11) is -3.25. The van der Waals surface area contributed by atoms with Gasteiger partial charge in [0.1, 0.15) is 20.6 Å². The molecule has 0 spiro atoms. The monoisotopic (exact) mass is 516 g/mol. The Bertz CT molecular complexity index is 1170. The zero-order chi connectivity index (χ0) is 24.8. The van der Waals surface area contributed by atoms with E-state index in [0.717, 1.165) is 23.3 Å². The van der Waals surface area contributed by atoms with E-state index in [1.165, 1.54) is 6.20 Å². The van der Waals surface area contributed by atoms with E-state index in [-0.39, 0.29) is 23.5 Å². The van der Waals surface area contributed by atoms with Crippen molar-refractivity contribution in [1.29, 1.82) is 0 Å². The number of thiazole rings is 1. The van der Waals surface area contributed by atoms with Crippen LogP contribution in [0.2, 0.25) is 0 Å². The molecule has 4 N–H and O–H groups in total. The van der Waals surface area contributed by atoms with Gasteiger partial charge in [0, 0.05) is 12.2 Å². The van der Waals surface area contributed by atoms with Crippen LogP contribution >= 0.6 is 11.3 Å². The molecule has 8 nitrogen and oxygen atoms in total. The number of ether oxygens (including phenoxy) is 1. The Hall–Kier alpha value is -1.86. The number of hydrogen-bond acceptors (Lipinski definition) is 8. The first kappa shape index (κ1) is 25.2. The molecule has 188 valence electrons. The molecule has 2 aromatic rings. The molecule has 2 aliphatic rings. The van der Waals surface area contributed by atoms with Crippen LogP contribution in [0.5, 0.6) is 5.75 Å². The van der Waals surface area contributed by atoms with Crippen molar-refractivity contribution in [2.24, 2.45) is 10.3 Å². The maximum atomic E-state index is 13.8. The molecule has 1 aromatic carbocycles. The van der Waals surface area contributed by atoms with Gasteiger partial charge in [-0.2, -0.15) is 13.1 Å². The molecule has 4 unspecified atom stereocenters. The number of aliphatic hydroxyl groups is 2. The summed E-state index contributed by atoms with van der Waals surface area (Å²) >= 11 is 1.07. The Kier molecular flexibility index (Phi) is 6.91. The second-order valence-corrected chi connectivity index (χ2v) is 12.8.